The topological polar surface area (TPSA) is 40.2 Å². The van der Waals surface area contributed by atoms with Crippen molar-refractivity contribution in [3.8, 4) is 37.0 Å². The van der Waals surface area contributed by atoms with E-state index in [-0.39, 0.29) is 52.0 Å². The first-order chi connectivity index (χ1) is 13.4. The molecular formula is C21H34NO4P. The van der Waals surface area contributed by atoms with E-state index in [9.17, 15) is 0 Å². The minimum Gasteiger partial charge on any atom is -0.368 e. The first-order valence-corrected chi connectivity index (χ1v) is 10.1. The van der Waals surface area contributed by atoms with Crippen LogP contribution in [0, 0.1) is 42.4 Å². The molecule has 0 rings (SSSR count). The summed E-state index contributed by atoms with van der Waals surface area (Å²) in [4.78, 5) is 0. The molecule has 6 heteroatoms. The van der Waals surface area contributed by atoms with Crippen LogP contribution in [-0.2, 0) is 18.5 Å². The molecule has 0 aromatic heterocycles. The third-order valence-corrected chi connectivity index (χ3v) is 5.42. The van der Waals surface area contributed by atoms with Crippen LogP contribution in [0.1, 0.15) is 42.4 Å². The van der Waals surface area contributed by atoms with Gasteiger partial charge >= 0.3 is 0 Å². The first-order valence-electron chi connectivity index (χ1n) is 9.67. The van der Waals surface area contributed by atoms with Crippen molar-refractivity contribution in [1.29, 1.82) is 0 Å². The Kier molecular flexibility index (Phi) is 13.2. The summed E-state index contributed by atoms with van der Waals surface area (Å²) < 4.78 is 33.4. The van der Waals surface area contributed by atoms with Crippen LogP contribution in [0.15, 0.2) is 0 Å². The fraction of sp³-hybridized carbons (Fsp3) is 0.714. The van der Waals surface area contributed by atoms with E-state index in [4.69, 9.17) is 39.2 Å². The van der Waals surface area contributed by atoms with Crippen molar-refractivity contribution >= 4 is 8.53 Å². The number of rotatable bonds is 15. The smallest absolute Gasteiger partial charge is 0.259 e. The molecule has 0 saturated heterocycles. The summed E-state index contributed by atoms with van der Waals surface area (Å²) in [7, 11) is -1.36. The zero-order valence-corrected chi connectivity index (χ0v) is 18.0. The average Bonchev–Trinajstić information content (AvgIpc) is 2.65. The molecule has 0 aliphatic carbocycles. The number of ether oxygens (including phenoxy) is 2. The highest BCUT2D eigenvalue weighted by Gasteiger charge is 2.32. The Hall–Kier alpha value is -1.09. The molecule has 0 fully saturated rings. The van der Waals surface area contributed by atoms with Gasteiger partial charge in [0.25, 0.3) is 8.53 Å². The van der Waals surface area contributed by atoms with Crippen molar-refractivity contribution < 1.29 is 19.9 Å². The zero-order valence-electron chi connectivity index (χ0n) is 18.1. The Morgan fingerprint density at radius 1 is 0.926 bits per heavy atom. The highest BCUT2D eigenvalue weighted by atomic mass is 31.2. The maximum absolute atomic E-state index is 8.05. The summed E-state index contributed by atoms with van der Waals surface area (Å²) in [5.74, 6) is 7.44. The second kappa shape index (κ2) is 14.9. The molecule has 0 aliphatic heterocycles. The summed E-state index contributed by atoms with van der Waals surface area (Å²) in [6, 6.07) is 0.440. The van der Waals surface area contributed by atoms with Gasteiger partial charge in [0.05, 0.1) is 26.4 Å². The molecular weight excluding hydrogens is 361 g/mol. The molecule has 152 valence electrons. The Labute approximate surface area is 168 Å². The van der Waals surface area contributed by atoms with Crippen LogP contribution in [0.4, 0.5) is 0 Å². The van der Waals surface area contributed by atoms with Gasteiger partial charge < -0.3 is 18.5 Å². The molecule has 0 aromatic rings. The van der Waals surface area contributed by atoms with Gasteiger partial charge in [-0.3, -0.25) is 0 Å². The number of hydrogen-bond donors (Lipinski definition) is 0. The lowest BCUT2D eigenvalue weighted by Crippen LogP contribution is -2.37. The van der Waals surface area contributed by atoms with E-state index in [0.29, 0.717) is 13.0 Å². The van der Waals surface area contributed by atoms with Gasteiger partial charge in [-0.05, 0) is 27.7 Å². The van der Waals surface area contributed by atoms with E-state index in [1.54, 1.807) is 0 Å². The van der Waals surface area contributed by atoms with Gasteiger partial charge in [0, 0.05) is 25.3 Å². The van der Waals surface area contributed by atoms with Crippen molar-refractivity contribution in [3.05, 3.63) is 0 Å². The summed E-state index contributed by atoms with van der Waals surface area (Å²) in [6.07, 6.45) is 16.4. The highest BCUT2D eigenvalue weighted by Crippen LogP contribution is 2.47. The van der Waals surface area contributed by atoms with E-state index in [2.05, 4.69) is 50.1 Å². The van der Waals surface area contributed by atoms with E-state index in [1.807, 2.05) is 0 Å². The molecule has 1 unspecified atom stereocenters. The Balaban J connectivity index is 5.30. The third kappa shape index (κ3) is 11.4. The summed E-state index contributed by atoms with van der Waals surface area (Å²) in [5.41, 5.74) is -0.691. The van der Waals surface area contributed by atoms with Crippen LogP contribution in [0.25, 0.3) is 0 Å². The number of nitrogens with zero attached hydrogens (tertiary/aromatic N) is 1. The second-order valence-electron chi connectivity index (χ2n) is 6.76. The fourth-order valence-corrected chi connectivity index (χ4v) is 4.02. The van der Waals surface area contributed by atoms with Gasteiger partial charge in [0.15, 0.2) is 0 Å². The average molecular weight is 396 g/mol. The first kappa shape index (κ1) is 23.9. The van der Waals surface area contributed by atoms with Crippen LogP contribution < -0.4 is 0 Å². The number of terminal acetylenes is 3. The van der Waals surface area contributed by atoms with Crippen molar-refractivity contribution in [1.82, 2.24) is 4.67 Å². The van der Waals surface area contributed by atoms with Gasteiger partial charge in [-0.2, -0.15) is 0 Å². The molecule has 0 spiro atoms. The SMILES string of the molecule is [2H]CC(COCC#C)(COCC#C)COP(OCCC#C)N(C(C)C)C(C)C. The van der Waals surface area contributed by atoms with Crippen molar-refractivity contribution in [2.24, 2.45) is 5.41 Å². The molecule has 0 bridgehead atoms. The molecule has 0 aliphatic rings. The Bertz CT molecular complexity index is 508. The molecule has 1 atom stereocenters. The lowest BCUT2D eigenvalue weighted by atomic mass is 9.94. The lowest BCUT2D eigenvalue weighted by Gasteiger charge is -2.37. The van der Waals surface area contributed by atoms with Gasteiger partial charge in [0.1, 0.15) is 13.2 Å². The molecule has 0 amide bonds. The van der Waals surface area contributed by atoms with E-state index < -0.39 is 13.9 Å². The van der Waals surface area contributed by atoms with Crippen molar-refractivity contribution in [3.63, 3.8) is 0 Å². The maximum Gasteiger partial charge on any atom is 0.259 e. The quantitative estimate of drug-likeness (QED) is 0.240. The Morgan fingerprint density at radius 3 is 1.89 bits per heavy atom. The van der Waals surface area contributed by atoms with Crippen molar-refractivity contribution in [2.75, 3.05) is 39.6 Å². The molecule has 0 aromatic carbocycles. The summed E-state index contributed by atoms with van der Waals surface area (Å²) in [6.45, 7) is 9.84. The minimum absolute atomic E-state index is 0.0407. The molecule has 5 nitrogen and oxygen atoms in total. The lowest BCUT2D eigenvalue weighted by molar-refractivity contribution is -0.0244. The van der Waals surface area contributed by atoms with Crippen LogP contribution in [0.2, 0.25) is 0 Å². The third-order valence-electron chi connectivity index (χ3n) is 3.36. The van der Waals surface area contributed by atoms with E-state index in [0.717, 1.165) is 0 Å². The molecule has 0 N–H and O–H groups in total. The molecule has 0 saturated carbocycles. The predicted octanol–water partition coefficient (Wildman–Crippen LogP) is 3.69. The number of hydrogen-bond acceptors (Lipinski definition) is 5. The summed E-state index contributed by atoms with van der Waals surface area (Å²) >= 11 is 0. The summed E-state index contributed by atoms with van der Waals surface area (Å²) in [5, 5.41) is 0. The van der Waals surface area contributed by atoms with Crippen LogP contribution in [0.5, 0.6) is 0 Å². The zero-order chi connectivity index (χ0) is 21.4. The maximum atomic E-state index is 8.05. The normalized spacial score (nSPS) is 13.3. The predicted molar refractivity (Wildman–Crippen MR) is 112 cm³/mol. The fourth-order valence-electron chi connectivity index (χ4n) is 2.30. The Morgan fingerprint density at radius 2 is 1.48 bits per heavy atom. The van der Waals surface area contributed by atoms with Crippen LogP contribution >= 0.6 is 8.53 Å². The van der Waals surface area contributed by atoms with Gasteiger partial charge in [0.2, 0.25) is 0 Å². The van der Waals surface area contributed by atoms with E-state index in [1.165, 1.54) is 0 Å². The molecule has 27 heavy (non-hydrogen) atoms. The van der Waals surface area contributed by atoms with E-state index >= 15 is 0 Å². The monoisotopic (exact) mass is 396 g/mol. The molecule has 0 heterocycles. The van der Waals surface area contributed by atoms with Gasteiger partial charge in [-0.15, -0.1) is 25.2 Å². The van der Waals surface area contributed by atoms with Crippen LogP contribution in [-0.4, -0.2) is 56.4 Å². The van der Waals surface area contributed by atoms with Gasteiger partial charge in [-0.1, -0.05) is 18.7 Å². The second-order valence-corrected chi connectivity index (χ2v) is 8.21. The van der Waals surface area contributed by atoms with Gasteiger partial charge in [-0.25, -0.2) is 4.67 Å². The van der Waals surface area contributed by atoms with Crippen LogP contribution in [0.3, 0.4) is 0 Å². The van der Waals surface area contributed by atoms with Crippen molar-refractivity contribution in [2.45, 2.75) is 53.1 Å². The largest absolute Gasteiger partial charge is 0.368 e. The molecule has 0 radical (unpaired) electrons. The highest BCUT2D eigenvalue weighted by molar-refractivity contribution is 7.44. The minimum atomic E-state index is -1.36. The standard InChI is InChI=1S/C21H34NO4P/c1-9-12-15-25-27(22(19(4)5)20(6)7)26-18-21(8,16-23-13-10-2)17-24-14-11-3/h1-3,19-20H,12-18H2,4-8H3/i8D.